The van der Waals surface area contributed by atoms with Crippen molar-refractivity contribution < 1.29 is 9.26 Å². The van der Waals surface area contributed by atoms with Crippen LogP contribution < -0.4 is 5.73 Å². The SMILES string of the molecule is COC1(c2noc(-c3cnn(C)c3N)n2)CCCCCC1. The van der Waals surface area contributed by atoms with Crippen molar-refractivity contribution in [2.24, 2.45) is 7.05 Å². The molecule has 1 aliphatic rings. The minimum atomic E-state index is -0.435. The molecule has 7 nitrogen and oxygen atoms in total. The number of nitrogens with two attached hydrogens (primary N) is 1. The zero-order chi connectivity index (χ0) is 14.9. The Morgan fingerprint density at radius 3 is 2.57 bits per heavy atom. The van der Waals surface area contributed by atoms with Gasteiger partial charge in [-0.1, -0.05) is 30.8 Å². The molecule has 0 unspecified atom stereocenters. The van der Waals surface area contributed by atoms with E-state index in [-0.39, 0.29) is 0 Å². The number of aryl methyl sites for hydroxylation is 1. The van der Waals surface area contributed by atoms with Crippen LogP contribution in [0.3, 0.4) is 0 Å². The Morgan fingerprint density at radius 1 is 1.29 bits per heavy atom. The number of aromatic nitrogens is 4. The van der Waals surface area contributed by atoms with Crippen LogP contribution in [0.1, 0.15) is 44.3 Å². The fourth-order valence-electron chi connectivity index (χ4n) is 2.95. The second-order valence-electron chi connectivity index (χ2n) is 5.60. The third-order valence-electron chi connectivity index (χ3n) is 4.35. The molecule has 0 saturated heterocycles. The Bertz CT molecular complexity index is 611. The highest BCUT2D eigenvalue weighted by Crippen LogP contribution is 2.38. The van der Waals surface area contributed by atoms with E-state index in [4.69, 9.17) is 15.0 Å². The molecule has 21 heavy (non-hydrogen) atoms. The van der Waals surface area contributed by atoms with Crippen molar-refractivity contribution in [1.82, 2.24) is 19.9 Å². The lowest BCUT2D eigenvalue weighted by atomic mass is 9.93. The van der Waals surface area contributed by atoms with E-state index in [0.29, 0.717) is 23.1 Å². The van der Waals surface area contributed by atoms with E-state index in [0.717, 1.165) is 25.7 Å². The molecule has 0 radical (unpaired) electrons. The molecule has 0 aromatic carbocycles. The molecule has 2 aromatic heterocycles. The average Bonchev–Trinajstić information content (AvgIpc) is 3.01. The van der Waals surface area contributed by atoms with Gasteiger partial charge in [-0.2, -0.15) is 10.1 Å². The van der Waals surface area contributed by atoms with Crippen molar-refractivity contribution in [1.29, 1.82) is 0 Å². The van der Waals surface area contributed by atoms with Gasteiger partial charge in [-0.3, -0.25) is 4.68 Å². The smallest absolute Gasteiger partial charge is 0.263 e. The van der Waals surface area contributed by atoms with Crippen molar-refractivity contribution in [2.75, 3.05) is 12.8 Å². The van der Waals surface area contributed by atoms with Crippen molar-refractivity contribution in [3.05, 3.63) is 12.0 Å². The number of rotatable bonds is 3. The summed E-state index contributed by atoms with van der Waals surface area (Å²) in [7, 11) is 3.50. The number of nitrogens with zero attached hydrogens (tertiary/aromatic N) is 4. The Kier molecular flexibility index (Phi) is 3.67. The van der Waals surface area contributed by atoms with Crippen LogP contribution in [-0.2, 0) is 17.4 Å². The van der Waals surface area contributed by atoms with Gasteiger partial charge >= 0.3 is 0 Å². The van der Waals surface area contributed by atoms with E-state index < -0.39 is 5.60 Å². The molecule has 7 heteroatoms. The van der Waals surface area contributed by atoms with Crippen LogP contribution in [0.5, 0.6) is 0 Å². The van der Waals surface area contributed by atoms with Crippen LogP contribution in [0.25, 0.3) is 11.5 Å². The van der Waals surface area contributed by atoms with E-state index in [1.807, 2.05) is 0 Å². The first-order valence-corrected chi connectivity index (χ1v) is 7.33. The van der Waals surface area contributed by atoms with Crippen LogP contribution in [0, 0.1) is 0 Å². The zero-order valence-electron chi connectivity index (χ0n) is 12.5. The highest BCUT2D eigenvalue weighted by atomic mass is 16.5. The first-order chi connectivity index (χ1) is 10.2. The van der Waals surface area contributed by atoms with Gasteiger partial charge in [0, 0.05) is 14.2 Å². The molecule has 2 N–H and O–H groups in total. The quantitative estimate of drug-likeness (QED) is 0.872. The number of hydrogen-bond donors (Lipinski definition) is 1. The first kappa shape index (κ1) is 14.1. The number of methoxy groups -OCH3 is 1. The Labute approximate surface area is 123 Å². The van der Waals surface area contributed by atoms with Gasteiger partial charge in [0.1, 0.15) is 17.0 Å². The third-order valence-corrected chi connectivity index (χ3v) is 4.35. The van der Waals surface area contributed by atoms with Crippen LogP contribution in [-0.4, -0.2) is 27.0 Å². The Morgan fingerprint density at radius 2 is 2.00 bits per heavy atom. The molecule has 1 aliphatic carbocycles. The molecule has 0 bridgehead atoms. The molecule has 1 saturated carbocycles. The molecule has 2 aromatic rings. The number of hydrogen-bond acceptors (Lipinski definition) is 6. The molecular formula is C14H21N5O2. The minimum Gasteiger partial charge on any atom is -0.383 e. The normalized spacial score (nSPS) is 18.6. The summed E-state index contributed by atoms with van der Waals surface area (Å²) in [6, 6.07) is 0. The van der Waals surface area contributed by atoms with E-state index in [2.05, 4.69) is 15.2 Å². The lowest BCUT2D eigenvalue weighted by Gasteiger charge is -2.27. The summed E-state index contributed by atoms with van der Waals surface area (Å²) < 4.78 is 12.8. The first-order valence-electron chi connectivity index (χ1n) is 7.33. The Hall–Kier alpha value is -1.89. The molecule has 0 amide bonds. The molecule has 1 fully saturated rings. The monoisotopic (exact) mass is 291 g/mol. The summed E-state index contributed by atoms with van der Waals surface area (Å²) in [5, 5.41) is 8.25. The van der Waals surface area contributed by atoms with Crippen LogP contribution in [0.2, 0.25) is 0 Å². The average molecular weight is 291 g/mol. The molecule has 0 spiro atoms. The summed E-state index contributed by atoms with van der Waals surface area (Å²) in [6.07, 6.45) is 8.17. The number of nitrogen functional groups attached to an aromatic ring is 1. The molecule has 0 aliphatic heterocycles. The van der Waals surface area contributed by atoms with Crippen molar-refractivity contribution >= 4 is 5.82 Å². The van der Waals surface area contributed by atoms with Gasteiger partial charge < -0.3 is 15.0 Å². The van der Waals surface area contributed by atoms with E-state index in [9.17, 15) is 0 Å². The maximum Gasteiger partial charge on any atom is 0.263 e. The lowest BCUT2D eigenvalue weighted by Crippen LogP contribution is -2.29. The van der Waals surface area contributed by atoms with E-state index in [1.54, 1.807) is 25.0 Å². The largest absolute Gasteiger partial charge is 0.383 e. The van der Waals surface area contributed by atoms with Gasteiger partial charge in [-0.25, -0.2) is 0 Å². The van der Waals surface area contributed by atoms with Gasteiger partial charge in [0.05, 0.1) is 6.20 Å². The predicted molar refractivity (Wildman–Crippen MR) is 77.3 cm³/mol. The zero-order valence-corrected chi connectivity index (χ0v) is 12.5. The maximum atomic E-state index is 5.95. The topological polar surface area (TPSA) is 92.0 Å². The van der Waals surface area contributed by atoms with Crippen LogP contribution in [0.15, 0.2) is 10.7 Å². The number of anilines is 1. The minimum absolute atomic E-state index is 0.399. The van der Waals surface area contributed by atoms with E-state index in [1.165, 1.54) is 12.8 Å². The predicted octanol–water partition coefficient (Wildman–Crippen LogP) is 2.25. The summed E-state index contributed by atoms with van der Waals surface area (Å²) in [4.78, 5) is 4.53. The van der Waals surface area contributed by atoms with Crippen molar-refractivity contribution in [2.45, 2.75) is 44.1 Å². The van der Waals surface area contributed by atoms with Gasteiger partial charge in [-0.15, -0.1) is 0 Å². The second-order valence-corrected chi connectivity index (χ2v) is 5.60. The van der Waals surface area contributed by atoms with Crippen LogP contribution >= 0.6 is 0 Å². The fourth-order valence-corrected chi connectivity index (χ4v) is 2.95. The maximum absolute atomic E-state index is 5.95. The fraction of sp³-hybridized carbons (Fsp3) is 0.643. The van der Waals surface area contributed by atoms with E-state index >= 15 is 0 Å². The second kappa shape index (κ2) is 5.48. The Balaban J connectivity index is 1.94. The summed E-state index contributed by atoms with van der Waals surface area (Å²) >= 11 is 0. The van der Waals surface area contributed by atoms with Gasteiger partial charge in [-0.05, 0) is 12.8 Å². The van der Waals surface area contributed by atoms with Crippen LogP contribution in [0.4, 0.5) is 5.82 Å². The highest BCUT2D eigenvalue weighted by molar-refractivity contribution is 5.66. The molecule has 2 heterocycles. The van der Waals surface area contributed by atoms with Gasteiger partial charge in [0.15, 0.2) is 0 Å². The van der Waals surface area contributed by atoms with Gasteiger partial charge in [0.25, 0.3) is 5.89 Å². The molecular weight excluding hydrogens is 270 g/mol. The number of ether oxygens (including phenoxy) is 1. The van der Waals surface area contributed by atoms with Crippen molar-refractivity contribution in [3.63, 3.8) is 0 Å². The summed E-state index contributed by atoms with van der Waals surface area (Å²) in [5.41, 5.74) is 6.18. The summed E-state index contributed by atoms with van der Waals surface area (Å²) in [5.74, 6) is 1.53. The lowest BCUT2D eigenvalue weighted by molar-refractivity contribution is -0.0365. The molecule has 0 atom stereocenters. The highest BCUT2D eigenvalue weighted by Gasteiger charge is 2.38. The van der Waals surface area contributed by atoms with Gasteiger partial charge in [0.2, 0.25) is 5.82 Å². The van der Waals surface area contributed by atoms with Crippen molar-refractivity contribution in [3.8, 4) is 11.5 Å². The molecule has 3 rings (SSSR count). The summed E-state index contributed by atoms with van der Waals surface area (Å²) in [6.45, 7) is 0. The molecule has 114 valence electrons. The standard InChI is InChI=1S/C14H21N5O2/c1-19-11(15)10(9-16-19)12-17-13(18-21-12)14(20-2)7-5-3-4-6-8-14/h9H,3-8,15H2,1-2H3. The third kappa shape index (κ3) is 2.42.